The number of piperidine rings is 1. The highest BCUT2D eigenvalue weighted by molar-refractivity contribution is 5.94. The molecule has 2 heterocycles. The molecule has 2 fully saturated rings. The van der Waals surface area contributed by atoms with E-state index < -0.39 is 0 Å². The van der Waals surface area contributed by atoms with Crippen LogP contribution < -0.4 is 5.32 Å². The number of hydrogen-bond acceptors (Lipinski definition) is 3. The number of nitrogens with zero attached hydrogens (tertiary/aromatic N) is 2. The molecule has 2 saturated heterocycles. The van der Waals surface area contributed by atoms with E-state index in [4.69, 9.17) is 0 Å². The van der Waals surface area contributed by atoms with Gasteiger partial charge in [-0.25, -0.2) is 0 Å². The Morgan fingerprint density at radius 3 is 2.19 bits per heavy atom. The molecule has 2 aliphatic heterocycles. The van der Waals surface area contributed by atoms with Crippen molar-refractivity contribution in [3.05, 3.63) is 35.4 Å². The second-order valence-corrected chi connectivity index (χ2v) is 8.23. The van der Waals surface area contributed by atoms with Gasteiger partial charge < -0.3 is 15.1 Å². The number of amides is 2. The summed E-state index contributed by atoms with van der Waals surface area (Å²) < 4.78 is 0. The number of benzene rings is 1. The summed E-state index contributed by atoms with van der Waals surface area (Å²) in [6, 6.07) is 9.16. The zero-order valence-electron chi connectivity index (χ0n) is 16.4. The van der Waals surface area contributed by atoms with Crippen molar-refractivity contribution < 1.29 is 9.59 Å². The summed E-state index contributed by atoms with van der Waals surface area (Å²) in [4.78, 5) is 28.5. The molecule has 2 atom stereocenters. The van der Waals surface area contributed by atoms with Crippen LogP contribution in [0.15, 0.2) is 24.3 Å². The smallest absolute Gasteiger partial charge is 0.253 e. The first-order valence-corrected chi connectivity index (χ1v) is 9.72. The highest BCUT2D eigenvalue weighted by atomic mass is 16.2. The van der Waals surface area contributed by atoms with Crippen molar-refractivity contribution in [3.63, 3.8) is 0 Å². The second kappa shape index (κ2) is 7.78. The molecule has 1 aromatic carbocycles. The number of nitrogens with one attached hydrogen (secondary N) is 1. The van der Waals surface area contributed by atoms with Gasteiger partial charge in [0, 0.05) is 50.2 Å². The quantitative estimate of drug-likeness (QED) is 0.881. The van der Waals surface area contributed by atoms with Crippen molar-refractivity contribution in [3.8, 4) is 0 Å². The van der Waals surface area contributed by atoms with Crippen molar-refractivity contribution in [2.75, 3.05) is 14.1 Å². The second-order valence-electron chi connectivity index (χ2n) is 8.23. The largest absolute Gasteiger partial charge is 0.341 e. The first-order valence-electron chi connectivity index (χ1n) is 9.72. The third-order valence-corrected chi connectivity index (χ3v) is 5.81. The minimum atomic E-state index is -0.00484. The third kappa shape index (κ3) is 4.09. The number of carbonyl (C=O) groups is 2. The molecule has 0 radical (unpaired) electrons. The number of hydrogen-bond donors (Lipinski definition) is 1. The van der Waals surface area contributed by atoms with E-state index in [2.05, 4.69) is 5.32 Å². The van der Waals surface area contributed by atoms with E-state index >= 15 is 0 Å². The summed E-state index contributed by atoms with van der Waals surface area (Å²) in [6.07, 6.45) is 4.58. The normalized spacial score (nSPS) is 24.6. The zero-order valence-corrected chi connectivity index (χ0v) is 16.4. The van der Waals surface area contributed by atoms with Crippen LogP contribution >= 0.6 is 0 Å². The van der Waals surface area contributed by atoms with E-state index in [1.807, 2.05) is 57.1 Å². The fourth-order valence-electron chi connectivity index (χ4n) is 4.26. The summed E-state index contributed by atoms with van der Waals surface area (Å²) in [7, 11) is 3.75. The van der Waals surface area contributed by atoms with Gasteiger partial charge in [0.2, 0.25) is 5.91 Å². The van der Waals surface area contributed by atoms with Gasteiger partial charge in [-0.05, 0) is 43.4 Å². The number of fused-ring (bicyclic) bond motifs is 2. The molecule has 0 aromatic heterocycles. The average molecular weight is 357 g/mol. The summed E-state index contributed by atoms with van der Waals surface area (Å²) >= 11 is 0. The third-order valence-electron chi connectivity index (χ3n) is 5.81. The molecule has 1 N–H and O–H groups in total. The molecule has 2 unspecified atom stereocenters. The van der Waals surface area contributed by atoms with Crippen molar-refractivity contribution in [2.45, 2.75) is 64.2 Å². The first-order chi connectivity index (χ1) is 12.3. The Labute approximate surface area is 156 Å². The topological polar surface area (TPSA) is 52.7 Å². The van der Waals surface area contributed by atoms with Gasteiger partial charge in [0.1, 0.15) is 0 Å². The molecule has 1 aromatic rings. The van der Waals surface area contributed by atoms with Gasteiger partial charge in [0.25, 0.3) is 5.91 Å². The van der Waals surface area contributed by atoms with Gasteiger partial charge in [-0.1, -0.05) is 26.0 Å². The predicted octanol–water partition coefficient (Wildman–Crippen LogP) is 2.66. The van der Waals surface area contributed by atoms with Crippen LogP contribution in [0.5, 0.6) is 0 Å². The van der Waals surface area contributed by atoms with Crippen molar-refractivity contribution >= 4 is 11.8 Å². The first kappa shape index (κ1) is 18.9. The van der Waals surface area contributed by atoms with Gasteiger partial charge >= 0.3 is 0 Å². The molecule has 5 nitrogen and oxygen atoms in total. The summed E-state index contributed by atoms with van der Waals surface area (Å²) in [6.45, 7) is 4.38. The monoisotopic (exact) mass is 357 g/mol. The molecule has 2 bridgehead atoms. The number of rotatable bonds is 5. The maximum atomic E-state index is 12.8. The molecule has 142 valence electrons. The molecule has 2 aliphatic rings. The minimum absolute atomic E-state index is 0.00484. The fourth-order valence-corrected chi connectivity index (χ4v) is 4.26. The highest BCUT2D eigenvalue weighted by Gasteiger charge is 2.36. The van der Waals surface area contributed by atoms with Crippen LogP contribution in [0.4, 0.5) is 0 Å². The summed E-state index contributed by atoms with van der Waals surface area (Å²) in [5.74, 6) is 0.217. The summed E-state index contributed by atoms with van der Waals surface area (Å²) in [5, 5.41) is 3.63. The fraction of sp³-hybridized carbons (Fsp3) is 0.619. The Balaban J connectivity index is 1.60. The zero-order chi connectivity index (χ0) is 18.8. The van der Waals surface area contributed by atoms with Gasteiger partial charge in [-0.15, -0.1) is 0 Å². The molecule has 3 rings (SSSR count). The lowest BCUT2D eigenvalue weighted by atomic mass is 9.98. The lowest BCUT2D eigenvalue weighted by Gasteiger charge is -2.35. The Kier molecular flexibility index (Phi) is 5.66. The van der Waals surface area contributed by atoms with Gasteiger partial charge in [-0.3, -0.25) is 9.59 Å². The van der Waals surface area contributed by atoms with E-state index in [9.17, 15) is 9.59 Å². The molecule has 0 spiro atoms. The molecule has 26 heavy (non-hydrogen) atoms. The minimum Gasteiger partial charge on any atom is -0.341 e. The van der Waals surface area contributed by atoms with Crippen LogP contribution in [-0.4, -0.2) is 53.8 Å². The van der Waals surface area contributed by atoms with Crippen molar-refractivity contribution in [1.29, 1.82) is 0 Å². The van der Waals surface area contributed by atoms with Crippen LogP contribution in [0.2, 0.25) is 0 Å². The van der Waals surface area contributed by atoms with E-state index in [0.717, 1.165) is 24.0 Å². The SMILES string of the molecule is CC(C)C(=O)N(C)Cc1ccc(C(=O)N(C)C2CC3CCC(C2)N3)cc1. The van der Waals surface area contributed by atoms with Gasteiger partial charge in [-0.2, -0.15) is 0 Å². The predicted molar refractivity (Wildman–Crippen MR) is 103 cm³/mol. The maximum absolute atomic E-state index is 12.8. The van der Waals surface area contributed by atoms with Crippen LogP contribution in [-0.2, 0) is 11.3 Å². The Bertz CT molecular complexity index is 644. The molecular weight excluding hydrogens is 326 g/mol. The summed E-state index contributed by atoms with van der Waals surface area (Å²) in [5.41, 5.74) is 1.76. The van der Waals surface area contributed by atoms with Crippen LogP contribution in [0.3, 0.4) is 0 Å². The maximum Gasteiger partial charge on any atom is 0.253 e. The van der Waals surface area contributed by atoms with Crippen molar-refractivity contribution in [1.82, 2.24) is 15.1 Å². The Morgan fingerprint density at radius 1 is 1.08 bits per heavy atom. The van der Waals surface area contributed by atoms with E-state index in [-0.39, 0.29) is 17.7 Å². The van der Waals surface area contributed by atoms with E-state index in [1.165, 1.54) is 12.8 Å². The molecule has 2 amide bonds. The lowest BCUT2D eigenvalue weighted by molar-refractivity contribution is -0.133. The van der Waals surface area contributed by atoms with Crippen LogP contribution in [0, 0.1) is 5.92 Å². The average Bonchev–Trinajstić information content (AvgIpc) is 2.98. The highest BCUT2D eigenvalue weighted by Crippen LogP contribution is 2.29. The van der Waals surface area contributed by atoms with E-state index in [1.54, 1.807) is 4.90 Å². The molecule has 0 saturated carbocycles. The lowest BCUT2D eigenvalue weighted by Crippen LogP contribution is -2.48. The molecular formula is C21H31N3O2. The van der Waals surface area contributed by atoms with Gasteiger partial charge in [0.05, 0.1) is 0 Å². The van der Waals surface area contributed by atoms with E-state index in [0.29, 0.717) is 24.7 Å². The Morgan fingerprint density at radius 2 is 1.65 bits per heavy atom. The molecule has 5 heteroatoms. The number of carbonyl (C=O) groups excluding carboxylic acids is 2. The van der Waals surface area contributed by atoms with Gasteiger partial charge in [0.15, 0.2) is 0 Å². The molecule has 0 aliphatic carbocycles. The standard InChI is InChI=1S/C21H31N3O2/c1-14(2)20(25)23(3)13-15-5-7-16(8-6-15)21(26)24(4)19-11-17-9-10-18(12-19)22-17/h5-8,14,17-19,22H,9-13H2,1-4H3. The van der Waals surface area contributed by atoms with Crippen molar-refractivity contribution in [2.24, 2.45) is 5.92 Å². The van der Waals surface area contributed by atoms with Crippen LogP contribution in [0.25, 0.3) is 0 Å². The Hall–Kier alpha value is -1.88. The van der Waals surface area contributed by atoms with Crippen LogP contribution in [0.1, 0.15) is 55.5 Å².